The molecule has 0 saturated carbocycles. The molecule has 0 radical (unpaired) electrons. The lowest BCUT2D eigenvalue weighted by molar-refractivity contribution is -0.121. The summed E-state index contributed by atoms with van der Waals surface area (Å²) in [5.41, 5.74) is 0. The van der Waals surface area contributed by atoms with E-state index in [0.717, 1.165) is 12.8 Å². The molecule has 0 aliphatic carbocycles. The zero-order valence-electron chi connectivity index (χ0n) is 14.0. The molecule has 0 aliphatic rings. The van der Waals surface area contributed by atoms with E-state index in [4.69, 9.17) is 4.74 Å². The third-order valence-corrected chi connectivity index (χ3v) is 4.70. The molecule has 0 aliphatic heterocycles. The lowest BCUT2D eigenvalue weighted by atomic mass is 10.2. The van der Waals surface area contributed by atoms with Crippen molar-refractivity contribution >= 4 is 15.9 Å². The Morgan fingerprint density at radius 2 is 1.87 bits per heavy atom. The number of carbonyl (C=O) groups is 1. The maximum atomic E-state index is 12.1. The first-order chi connectivity index (χ1) is 10.9. The van der Waals surface area contributed by atoms with E-state index >= 15 is 0 Å². The monoisotopic (exact) mass is 342 g/mol. The van der Waals surface area contributed by atoms with Crippen molar-refractivity contribution in [1.82, 2.24) is 10.0 Å². The Labute approximate surface area is 138 Å². The average Bonchev–Trinajstić information content (AvgIpc) is 2.48. The van der Waals surface area contributed by atoms with Crippen LogP contribution in [0.3, 0.4) is 0 Å². The van der Waals surface area contributed by atoms with Crippen LogP contribution in [0.4, 0.5) is 0 Å². The largest absolute Gasteiger partial charge is 0.494 e. The number of ether oxygens (including phenoxy) is 1. The van der Waals surface area contributed by atoms with Gasteiger partial charge in [-0.25, -0.2) is 13.1 Å². The standard InChI is InChI=1S/C16H26N2O4S/c1-4-6-13(3)18-16(19)11-12-17-23(20,21)15-9-7-14(8-10-15)22-5-2/h7-10,13,17H,4-6,11-12H2,1-3H3,(H,18,19). The van der Waals surface area contributed by atoms with E-state index in [9.17, 15) is 13.2 Å². The van der Waals surface area contributed by atoms with Crippen molar-refractivity contribution in [2.24, 2.45) is 0 Å². The van der Waals surface area contributed by atoms with Crippen LogP contribution in [0.2, 0.25) is 0 Å². The molecular formula is C16H26N2O4S. The van der Waals surface area contributed by atoms with Gasteiger partial charge in [0.15, 0.2) is 0 Å². The fraction of sp³-hybridized carbons (Fsp3) is 0.562. The maximum absolute atomic E-state index is 12.1. The van der Waals surface area contributed by atoms with E-state index in [0.29, 0.717) is 12.4 Å². The van der Waals surface area contributed by atoms with Gasteiger partial charge in [0.2, 0.25) is 15.9 Å². The number of carbonyl (C=O) groups excluding carboxylic acids is 1. The molecule has 1 atom stereocenters. The molecule has 23 heavy (non-hydrogen) atoms. The summed E-state index contributed by atoms with van der Waals surface area (Å²) >= 11 is 0. The molecule has 7 heteroatoms. The molecular weight excluding hydrogens is 316 g/mol. The summed E-state index contributed by atoms with van der Waals surface area (Å²) in [5.74, 6) is 0.469. The highest BCUT2D eigenvalue weighted by atomic mass is 32.2. The van der Waals surface area contributed by atoms with Crippen molar-refractivity contribution in [2.45, 2.75) is 51.0 Å². The van der Waals surface area contributed by atoms with E-state index < -0.39 is 10.0 Å². The Morgan fingerprint density at radius 3 is 2.43 bits per heavy atom. The van der Waals surface area contributed by atoms with E-state index in [-0.39, 0.29) is 29.8 Å². The van der Waals surface area contributed by atoms with E-state index in [1.807, 2.05) is 20.8 Å². The second-order valence-corrected chi connectivity index (χ2v) is 7.08. The molecule has 0 bridgehead atoms. The Kier molecular flexibility index (Phi) is 8.05. The van der Waals surface area contributed by atoms with Gasteiger partial charge in [0.25, 0.3) is 0 Å². The van der Waals surface area contributed by atoms with Crippen LogP contribution in [0.5, 0.6) is 5.75 Å². The van der Waals surface area contributed by atoms with Crippen LogP contribution < -0.4 is 14.8 Å². The molecule has 0 fully saturated rings. The molecule has 0 heterocycles. The van der Waals surface area contributed by atoms with Gasteiger partial charge < -0.3 is 10.1 Å². The van der Waals surface area contributed by atoms with Gasteiger partial charge in [-0.3, -0.25) is 4.79 Å². The number of sulfonamides is 1. The highest BCUT2D eigenvalue weighted by Gasteiger charge is 2.14. The topological polar surface area (TPSA) is 84.5 Å². The first-order valence-corrected chi connectivity index (χ1v) is 9.39. The lowest BCUT2D eigenvalue weighted by Gasteiger charge is -2.13. The van der Waals surface area contributed by atoms with Crippen LogP contribution >= 0.6 is 0 Å². The summed E-state index contributed by atoms with van der Waals surface area (Å²) in [7, 11) is -3.61. The van der Waals surface area contributed by atoms with E-state index in [1.54, 1.807) is 12.1 Å². The quantitative estimate of drug-likeness (QED) is 0.682. The van der Waals surface area contributed by atoms with Gasteiger partial charge in [-0.15, -0.1) is 0 Å². The predicted molar refractivity (Wildman–Crippen MR) is 89.9 cm³/mol. The summed E-state index contributed by atoms with van der Waals surface area (Å²) in [5, 5.41) is 2.84. The van der Waals surface area contributed by atoms with Gasteiger partial charge in [-0.1, -0.05) is 13.3 Å². The fourth-order valence-electron chi connectivity index (χ4n) is 2.12. The van der Waals surface area contributed by atoms with Gasteiger partial charge in [0.05, 0.1) is 11.5 Å². The highest BCUT2D eigenvalue weighted by Crippen LogP contribution is 2.15. The van der Waals surface area contributed by atoms with Gasteiger partial charge in [0, 0.05) is 19.0 Å². The number of nitrogens with one attached hydrogen (secondary N) is 2. The highest BCUT2D eigenvalue weighted by molar-refractivity contribution is 7.89. The molecule has 1 aromatic carbocycles. The van der Waals surface area contributed by atoms with Gasteiger partial charge in [-0.05, 0) is 44.5 Å². The molecule has 0 spiro atoms. The van der Waals surface area contributed by atoms with Crippen molar-refractivity contribution < 1.29 is 17.9 Å². The van der Waals surface area contributed by atoms with Gasteiger partial charge in [-0.2, -0.15) is 0 Å². The van der Waals surface area contributed by atoms with Crippen LogP contribution in [0.1, 0.15) is 40.0 Å². The third kappa shape index (κ3) is 7.00. The molecule has 0 saturated heterocycles. The number of amides is 1. The van der Waals surface area contributed by atoms with Crippen molar-refractivity contribution in [3.8, 4) is 5.75 Å². The Bertz CT molecular complexity index is 585. The molecule has 130 valence electrons. The lowest BCUT2D eigenvalue weighted by Crippen LogP contribution is -2.35. The number of benzene rings is 1. The first kappa shape index (κ1) is 19.4. The second kappa shape index (κ2) is 9.52. The number of rotatable bonds is 10. The van der Waals surface area contributed by atoms with Crippen LogP contribution in [-0.2, 0) is 14.8 Å². The zero-order chi connectivity index (χ0) is 17.3. The summed E-state index contributed by atoms with van der Waals surface area (Å²) in [6, 6.07) is 6.29. The summed E-state index contributed by atoms with van der Waals surface area (Å²) in [6.07, 6.45) is 2.01. The normalized spacial score (nSPS) is 12.7. The fourth-order valence-corrected chi connectivity index (χ4v) is 3.15. The molecule has 1 unspecified atom stereocenters. The molecule has 1 aromatic rings. The predicted octanol–water partition coefficient (Wildman–Crippen LogP) is 2.06. The summed E-state index contributed by atoms with van der Waals surface area (Å²) in [6.45, 7) is 6.44. The minimum absolute atomic E-state index is 0.0697. The maximum Gasteiger partial charge on any atom is 0.240 e. The van der Waals surface area contributed by atoms with Crippen molar-refractivity contribution in [2.75, 3.05) is 13.2 Å². The van der Waals surface area contributed by atoms with Crippen molar-refractivity contribution in [3.05, 3.63) is 24.3 Å². The first-order valence-electron chi connectivity index (χ1n) is 7.91. The average molecular weight is 342 g/mol. The van der Waals surface area contributed by atoms with Gasteiger partial charge >= 0.3 is 0 Å². The molecule has 2 N–H and O–H groups in total. The van der Waals surface area contributed by atoms with Crippen molar-refractivity contribution in [1.29, 1.82) is 0 Å². The van der Waals surface area contributed by atoms with E-state index in [1.165, 1.54) is 12.1 Å². The van der Waals surface area contributed by atoms with Crippen LogP contribution in [-0.4, -0.2) is 33.5 Å². The second-order valence-electron chi connectivity index (χ2n) is 5.31. The smallest absolute Gasteiger partial charge is 0.240 e. The van der Waals surface area contributed by atoms with Gasteiger partial charge in [0.1, 0.15) is 5.75 Å². The molecule has 1 amide bonds. The zero-order valence-corrected chi connectivity index (χ0v) is 14.8. The van der Waals surface area contributed by atoms with Crippen LogP contribution in [0, 0.1) is 0 Å². The van der Waals surface area contributed by atoms with Crippen molar-refractivity contribution in [3.63, 3.8) is 0 Å². The molecule has 1 rings (SSSR count). The van der Waals surface area contributed by atoms with Crippen LogP contribution in [0.15, 0.2) is 29.2 Å². The molecule has 6 nitrogen and oxygen atoms in total. The Balaban J connectivity index is 2.47. The van der Waals surface area contributed by atoms with E-state index in [2.05, 4.69) is 10.0 Å². The minimum atomic E-state index is -3.61. The summed E-state index contributed by atoms with van der Waals surface area (Å²) in [4.78, 5) is 11.9. The number of hydrogen-bond donors (Lipinski definition) is 2. The third-order valence-electron chi connectivity index (χ3n) is 3.22. The Hall–Kier alpha value is -1.60. The number of hydrogen-bond acceptors (Lipinski definition) is 4. The molecule has 0 aromatic heterocycles. The SMILES string of the molecule is CCCC(C)NC(=O)CCNS(=O)(=O)c1ccc(OCC)cc1. The Morgan fingerprint density at radius 1 is 1.22 bits per heavy atom. The van der Waals surface area contributed by atoms with Crippen LogP contribution in [0.25, 0.3) is 0 Å². The minimum Gasteiger partial charge on any atom is -0.494 e. The summed E-state index contributed by atoms with van der Waals surface area (Å²) < 4.78 is 32.0.